The van der Waals surface area contributed by atoms with Crippen LogP contribution in [0.3, 0.4) is 0 Å². The maximum Gasteiger partial charge on any atom is 0.276 e. The Morgan fingerprint density at radius 1 is 0.946 bits per heavy atom. The lowest BCUT2D eigenvalue weighted by molar-refractivity contribution is 0.102. The zero-order valence-electron chi connectivity index (χ0n) is 20.4. The molecule has 1 saturated heterocycles. The number of amides is 1. The van der Waals surface area contributed by atoms with Crippen LogP contribution in [-0.2, 0) is 0 Å². The van der Waals surface area contributed by atoms with Crippen LogP contribution < -0.4 is 10.2 Å². The van der Waals surface area contributed by atoms with Gasteiger partial charge >= 0.3 is 0 Å². The third kappa shape index (κ3) is 4.87. The van der Waals surface area contributed by atoms with Crippen molar-refractivity contribution < 1.29 is 9.18 Å². The van der Waals surface area contributed by atoms with E-state index < -0.39 is 0 Å². The molecule has 2 aliphatic rings. The van der Waals surface area contributed by atoms with Gasteiger partial charge in [0.2, 0.25) is 0 Å². The van der Waals surface area contributed by atoms with Crippen molar-refractivity contribution >= 4 is 33.8 Å². The largest absolute Gasteiger partial charge is 0.370 e. The van der Waals surface area contributed by atoms with E-state index >= 15 is 0 Å². The predicted molar refractivity (Wildman–Crippen MR) is 144 cm³/mol. The molecule has 0 atom stereocenters. The number of benzene rings is 1. The summed E-state index contributed by atoms with van der Waals surface area (Å²) in [5.74, 6) is -0.437. The average molecular weight is 495 g/mol. The lowest BCUT2D eigenvalue weighted by Gasteiger charge is -2.28. The van der Waals surface area contributed by atoms with Crippen molar-refractivity contribution in [2.24, 2.45) is 0 Å². The zero-order chi connectivity index (χ0) is 25.2. The van der Waals surface area contributed by atoms with E-state index in [9.17, 15) is 9.18 Å². The van der Waals surface area contributed by atoms with Crippen molar-refractivity contribution in [2.45, 2.75) is 32.1 Å². The number of allylic oxidation sites excluding steroid dienone is 4. The summed E-state index contributed by atoms with van der Waals surface area (Å²) >= 11 is 0. The highest BCUT2D eigenvalue weighted by Crippen LogP contribution is 2.30. The number of hydrogen-bond acceptors (Lipinski definition) is 5. The Morgan fingerprint density at radius 3 is 2.62 bits per heavy atom. The van der Waals surface area contributed by atoms with Gasteiger partial charge in [0.25, 0.3) is 5.91 Å². The van der Waals surface area contributed by atoms with Crippen LogP contribution in [-0.4, -0.2) is 39.2 Å². The Kier molecular flexibility index (Phi) is 6.22. The predicted octanol–water partition coefficient (Wildman–Crippen LogP) is 6.29. The first kappa shape index (κ1) is 23.1. The molecule has 1 amide bonds. The number of nitrogens with one attached hydrogen (secondary N) is 2. The molecule has 4 aromatic rings. The summed E-state index contributed by atoms with van der Waals surface area (Å²) in [5.41, 5.74) is 6.53. The topological polar surface area (TPSA) is 86.8 Å². The van der Waals surface area contributed by atoms with E-state index in [0.29, 0.717) is 24.2 Å². The zero-order valence-corrected chi connectivity index (χ0v) is 20.4. The number of halogens is 1. The number of carbonyl (C=O) groups excluding carboxylic acids is 1. The monoisotopic (exact) mass is 494 g/mol. The summed E-state index contributed by atoms with van der Waals surface area (Å²) in [6, 6.07) is 11.7. The van der Waals surface area contributed by atoms with Gasteiger partial charge in [-0.3, -0.25) is 19.9 Å². The van der Waals surface area contributed by atoms with Crippen molar-refractivity contribution in [3.8, 4) is 11.1 Å². The normalized spacial score (nSPS) is 15.9. The Hall–Kier alpha value is -4.33. The minimum atomic E-state index is -0.319. The lowest BCUT2D eigenvalue weighted by Crippen LogP contribution is -2.29. The molecule has 0 unspecified atom stereocenters. The molecule has 1 fully saturated rings. The van der Waals surface area contributed by atoms with E-state index in [4.69, 9.17) is 0 Å². The first-order valence-electron chi connectivity index (χ1n) is 12.7. The summed E-state index contributed by atoms with van der Waals surface area (Å²) in [7, 11) is 0. The first-order chi connectivity index (χ1) is 18.1. The van der Waals surface area contributed by atoms with Crippen LogP contribution in [0.5, 0.6) is 0 Å². The van der Waals surface area contributed by atoms with Crippen LogP contribution in [0.2, 0.25) is 0 Å². The number of carbonyl (C=O) groups is 1. The van der Waals surface area contributed by atoms with E-state index in [2.05, 4.69) is 36.4 Å². The van der Waals surface area contributed by atoms with Gasteiger partial charge < -0.3 is 10.2 Å². The van der Waals surface area contributed by atoms with Crippen molar-refractivity contribution in [3.63, 3.8) is 0 Å². The van der Waals surface area contributed by atoms with Crippen molar-refractivity contribution in [1.82, 2.24) is 20.2 Å². The van der Waals surface area contributed by atoms with Crippen molar-refractivity contribution in [1.29, 1.82) is 0 Å². The SMILES string of the molecule is O=C(Nc1ccc(C2=CC=C(F)CC2)nc1)c1n[nH]c2ccc(-c3cncc(N4CCCCC4)c3)cc12. The van der Waals surface area contributed by atoms with Crippen LogP contribution in [0, 0.1) is 0 Å². The highest BCUT2D eigenvalue weighted by atomic mass is 19.1. The maximum absolute atomic E-state index is 13.3. The van der Waals surface area contributed by atoms with Gasteiger partial charge in [0.15, 0.2) is 5.69 Å². The van der Waals surface area contributed by atoms with Gasteiger partial charge in [0.1, 0.15) is 5.83 Å². The van der Waals surface area contributed by atoms with Crippen LogP contribution in [0.25, 0.3) is 27.6 Å². The second-order valence-corrected chi connectivity index (χ2v) is 9.50. The number of anilines is 2. The average Bonchev–Trinajstić information content (AvgIpc) is 3.38. The molecule has 1 aliphatic heterocycles. The minimum Gasteiger partial charge on any atom is -0.370 e. The molecular formula is C29H27FN6O. The number of fused-ring (bicyclic) bond motifs is 1. The van der Waals surface area contributed by atoms with E-state index in [1.165, 1.54) is 25.3 Å². The van der Waals surface area contributed by atoms with E-state index in [0.717, 1.165) is 52.1 Å². The maximum atomic E-state index is 13.3. The number of rotatable bonds is 5. The molecule has 0 bridgehead atoms. The summed E-state index contributed by atoms with van der Waals surface area (Å²) in [6.45, 7) is 2.11. The molecule has 186 valence electrons. The van der Waals surface area contributed by atoms with E-state index in [-0.39, 0.29) is 11.7 Å². The Morgan fingerprint density at radius 2 is 1.84 bits per heavy atom. The van der Waals surface area contributed by atoms with Crippen LogP contribution in [0.15, 0.2) is 73.0 Å². The first-order valence-corrected chi connectivity index (χ1v) is 12.7. The van der Waals surface area contributed by atoms with Gasteiger partial charge in [0, 0.05) is 36.7 Å². The molecule has 4 heterocycles. The summed E-state index contributed by atoms with van der Waals surface area (Å²) in [5, 5.41) is 10.9. The number of hydrogen-bond donors (Lipinski definition) is 2. The fourth-order valence-corrected chi connectivity index (χ4v) is 4.95. The Bertz CT molecular complexity index is 1520. The van der Waals surface area contributed by atoms with Gasteiger partial charge in [0.05, 0.1) is 35.0 Å². The molecule has 7 nitrogen and oxygen atoms in total. The Balaban J connectivity index is 1.22. The molecule has 1 aromatic carbocycles. The molecule has 3 aromatic heterocycles. The second-order valence-electron chi connectivity index (χ2n) is 9.50. The van der Waals surface area contributed by atoms with Crippen molar-refractivity contribution in [2.75, 3.05) is 23.3 Å². The molecule has 37 heavy (non-hydrogen) atoms. The molecule has 1 aliphatic carbocycles. The van der Waals surface area contributed by atoms with Gasteiger partial charge in [-0.05, 0) is 73.2 Å². The van der Waals surface area contributed by atoms with Crippen LogP contribution in [0.1, 0.15) is 48.3 Å². The molecular weight excluding hydrogens is 467 g/mol. The molecule has 2 N–H and O–H groups in total. The molecule has 6 rings (SSSR count). The summed E-state index contributed by atoms with van der Waals surface area (Å²) in [4.78, 5) is 24.4. The number of aromatic nitrogens is 4. The van der Waals surface area contributed by atoms with Crippen LogP contribution >= 0.6 is 0 Å². The molecule has 0 radical (unpaired) electrons. The number of pyridine rings is 2. The van der Waals surface area contributed by atoms with Gasteiger partial charge in [-0.25, -0.2) is 4.39 Å². The highest BCUT2D eigenvalue weighted by molar-refractivity contribution is 6.11. The smallest absolute Gasteiger partial charge is 0.276 e. The fourth-order valence-electron chi connectivity index (χ4n) is 4.95. The Labute approximate surface area is 214 Å². The summed E-state index contributed by atoms with van der Waals surface area (Å²) in [6.07, 6.45) is 13.3. The molecule has 0 spiro atoms. The summed E-state index contributed by atoms with van der Waals surface area (Å²) < 4.78 is 13.3. The minimum absolute atomic E-state index is 0.118. The molecule has 0 saturated carbocycles. The number of piperidine rings is 1. The van der Waals surface area contributed by atoms with Gasteiger partial charge in [-0.2, -0.15) is 5.10 Å². The van der Waals surface area contributed by atoms with Gasteiger partial charge in [-0.1, -0.05) is 12.1 Å². The quantitative estimate of drug-likeness (QED) is 0.340. The lowest BCUT2D eigenvalue weighted by atomic mass is 10.0. The van der Waals surface area contributed by atoms with Crippen LogP contribution in [0.4, 0.5) is 15.8 Å². The third-order valence-corrected chi connectivity index (χ3v) is 7.01. The standard InChI is InChI=1S/C29H27FN6O/c30-22-7-4-19(5-8-22)26-11-9-23(17-32-26)33-29(37)28-25-15-20(6-10-27(25)34-35-28)21-14-24(18-31-16-21)36-12-2-1-3-13-36/h4,6-7,9-11,14-18H,1-3,5,8,12-13H2,(H,33,37)(H,34,35). The fraction of sp³-hybridized carbons (Fsp3) is 0.241. The van der Waals surface area contributed by atoms with Crippen molar-refractivity contribution in [3.05, 3.63) is 84.4 Å². The molecule has 8 heteroatoms. The number of H-pyrrole nitrogens is 1. The van der Waals surface area contributed by atoms with E-state index in [1.54, 1.807) is 18.3 Å². The third-order valence-electron chi connectivity index (χ3n) is 7.01. The number of nitrogens with zero attached hydrogens (tertiary/aromatic N) is 4. The number of aromatic amines is 1. The second kappa shape index (κ2) is 9.97. The highest BCUT2D eigenvalue weighted by Gasteiger charge is 2.17. The van der Waals surface area contributed by atoms with Gasteiger partial charge in [-0.15, -0.1) is 0 Å². The van der Waals surface area contributed by atoms with E-state index in [1.807, 2.05) is 36.7 Å².